The highest BCUT2D eigenvalue weighted by atomic mass is 19.4. The summed E-state index contributed by atoms with van der Waals surface area (Å²) in [5, 5.41) is 0. The number of amidine groups is 4. The second kappa shape index (κ2) is 15.2. The molecule has 10 nitrogen and oxygen atoms in total. The van der Waals surface area contributed by atoms with Gasteiger partial charge in [-0.15, -0.1) is 0 Å². The summed E-state index contributed by atoms with van der Waals surface area (Å²) in [7, 11) is 0. The number of anilines is 4. The first-order valence-corrected chi connectivity index (χ1v) is 18.4. The van der Waals surface area contributed by atoms with Crippen LogP contribution in [0.1, 0.15) is 36.1 Å². The smallest absolute Gasteiger partial charge is 0.340 e. The maximum Gasteiger partial charge on any atom is 0.416 e. The largest absolute Gasteiger partial charge is 0.416 e. The maximum atomic E-state index is 14.0. The molecule has 0 atom stereocenters. The number of benzene rings is 4. The molecule has 0 spiro atoms. The minimum atomic E-state index is -4.82. The van der Waals surface area contributed by atoms with Crippen LogP contribution in [0.25, 0.3) is 0 Å². The Balaban J connectivity index is 1.34. The van der Waals surface area contributed by atoms with E-state index in [1.807, 2.05) is 0 Å². The lowest BCUT2D eigenvalue weighted by Crippen LogP contribution is -2.43. The second-order valence-electron chi connectivity index (χ2n) is 13.6. The lowest BCUT2D eigenvalue weighted by Gasteiger charge is -2.31. The van der Waals surface area contributed by atoms with Crippen molar-refractivity contribution in [1.29, 1.82) is 0 Å². The number of ether oxygens (including phenoxy) is 2. The van der Waals surface area contributed by atoms with Gasteiger partial charge in [0.05, 0.1) is 22.3 Å². The molecule has 0 amide bonds. The molecule has 4 heterocycles. The Morgan fingerprint density at radius 3 is 0.823 bits per heavy atom. The van der Waals surface area contributed by atoms with Gasteiger partial charge in [0.25, 0.3) is 0 Å². The summed E-state index contributed by atoms with van der Waals surface area (Å²) in [6.45, 7) is 2.91. The van der Waals surface area contributed by atoms with Gasteiger partial charge in [0.2, 0.25) is 24.3 Å². The monoisotopic (exact) mass is 880 g/mol. The van der Waals surface area contributed by atoms with E-state index in [1.54, 1.807) is 13.8 Å². The molecule has 0 radical (unpaired) electrons. The SMILES string of the molecule is CCOC1N(c2cccc(C(F)(F)F)c2)C2=NC(=C3N=C4C(=N3)N(c3cccc(C(F)(F)F)c3)C(OCC)N4c3cccc(C(F)(F)F)c3)N=C2N1c1cccc(C(F)(F)F)c1. The summed E-state index contributed by atoms with van der Waals surface area (Å²) in [4.78, 5) is 22.9. The molecular weight excluding hydrogens is 852 g/mol. The van der Waals surface area contributed by atoms with E-state index in [1.165, 1.54) is 43.9 Å². The molecule has 4 aliphatic heterocycles. The zero-order chi connectivity index (χ0) is 44.5. The number of hydrogen-bond donors (Lipinski definition) is 0. The Morgan fingerprint density at radius 1 is 0.403 bits per heavy atom. The Bertz CT molecular complexity index is 2240. The molecular formula is C40H28F12N8O2. The first kappa shape index (κ1) is 42.3. The fraction of sp³-hybridized carbons (Fsp3) is 0.250. The summed E-state index contributed by atoms with van der Waals surface area (Å²) in [6, 6.07) is 15.9. The lowest BCUT2D eigenvalue weighted by atomic mass is 10.2. The van der Waals surface area contributed by atoms with Crippen LogP contribution in [-0.4, -0.2) is 49.3 Å². The molecule has 4 aliphatic rings. The fourth-order valence-corrected chi connectivity index (χ4v) is 7.07. The Kier molecular flexibility index (Phi) is 10.4. The van der Waals surface area contributed by atoms with Gasteiger partial charge < -0.3 is 9.47 Å². The Hall–Kier alpha value is -6.42. The summed E-state index contributed by atoms with van der Waals surface area (Å²) in [5.41, 5.74) is -4.92. The van der Waals surface area contributed by atoms with Crippen LogP contribution >= 0.6 is 0 Å². The van der Waals surface area contributed by atoms with Crippen LogP contribution in [0.4, 0.5) is 75.4 Å². The molecule has 22 heteroatoms. The zero-order valence-corrected chi connectivity index (χ0v) is 31.7. The highest BCUT2D eigenvalue weighted by molar-refractivity contribution is 6.55. The summed E-state index contributed by atoms with van der Waals surface area (Å²) in [6.07, 6.45) is -22.2. The van der Waals surface area contributed by atoms with Crippen molar-refractivity contribution in [2.45, 2.75) is 51.3 Å². The van der Waals surface area contributed by atoms with Crippen molar-refractivity contribution < 1.29 is 62.2 Å². The van der Waals surface area contributed by atoms with E-state index in [0.29, 0.717) is 0 Å². The number of rotatable bonds is 8. The fourth-order valence-electron chi connectivity index (χ4n) is 7.07. The predicted octanol–water partition coefficient (Wildman–Crippen LogP) is 10.5. The van der Waals surface area contributed by atoms with Crippen LogP contribution < -0.4 is 19.6 Å². The van der Waals surface area contributed by atoms with E-state index in [2.05, 4.69) is 20.0 Å². The molecule has 0 bridgehead atoms. The van der Waals surface area contributed by atoms with Crippen LogP contribution in [0.15, 0.2) is 129 Å². The van der Waals surface area contributed by atoms with Gasteiger partial charge in [-0.2, -0.15) is 52.7 Å². The van der Waals surface area contributed by atoms with E-state index in [9.17, 15) is 52.7 Å². The standard InChI is InChI=1S/C40H28F12N8O2/c1-3-61-35-57(25-13-5-9-21(17-25)37(41,42)43)31-32(58(35)26-14-6-10-22(18-26)38(44,45)46)54-29(53-31)30-55-33-34(56-30)60(28-16-8-12-24(20-28)40(50,51)52)36(62-4-2)59(33)27-15-7-11-23(19-27)39(47,48)49/h5-20,35-36H,3-4H2,1-2H3. The van der Waals surface area contributed by atoms with Gasteiger partial charge in [-0.05, 0) is 86.6 Å². The van der Waals surface area contributed by atoms with Crippen LogP contribution in [0.3, 0.4) is 0 Å². The van der Waals surface area contributed by atoms with Crippen LogP contribution in [-0.2, 0) is 34.2 Å². The first-order valence-electron chi connectivity index (χ1n) is 18.4. The minimum absolute atomic E-state index is 0.0941. The molecule has 0 N–H and O–H groups in total. The first-order chi connectivity index (χ1) is 29.2. The molecule has 324 valence electrons. The average Bonchev–Trinajstić information content (AvgIpc) is 3.96. The third-order valence-electron chi connectivity index (χ3n) is 9.68. The van der Waals surface area contributed by atoms with Crippen molar-refractivity contribution in [2.75, 3.05) is 32.8 Å². The molecule has 4 aromatic rings. The van der Waals surface area contributed by atoms with E-state index >= 15 is 0 Å². The molecule has 8 rings (SSSR count). The van der Waals surface area contributed by atoms with E-state index in [4.69, 9.17) is 9.47 Å². The number of nitrogens with zero attached hydrogens (tertiary/aromatic N) is 8. The maximum absolute atomic E-state index is 14.0. The molecule has 0 aliphatic carbocycles. The van der Waals surface area contributed by atoms with Gasteiger partial charge in [-0.25, -0.2) is 20.0 Å². The van der Waals surface area contributed by atoms with Gasteiger partial charge in [-0.3, -0.25) is 19.6 Å². The van der Waals surface area contributed by atoms with Crippen molar-refractivity contribution in [3.8, 4) is 0 Å². The normalized spacial score (nSPS) is 17.5. The molecule has 4 aromatic carbocycles. The molecule has 62 heavy (non-hydrogen) atoms. The average molecular weight is 881 g/mol. The molecule has 2 saturated heterocycles. The third-order valence-corrected chi connectivity index (χ3v) is 9.68. The zero-order valence-electron chi connectivity index (χ0n) is 31.7. The lowest BCUT2D eigenvalue weighted by molar-refractivity contribution is -0.138. The van der Waals surface area contributed by atoms with Crippen LogP contribution in [0.5, 0.6) is 0 Å². The molecule has 0 saturated carbocycles. The van der Waals surface area contributed by atoms with Gasteiger partial charge in [0, 0.05) is 36.0 Å². The molecule has 0 aromatic heterocycles. The van der Waals surface area contributed by atoms with Crippen molar-refractivity contribution >= 4 is 46.1 Å². The van der Waals surface area contributed by atoms with E-state index in [-0.39, 0.29) is 70.9 Å². The summed E-state index contributed by atoms with van der Waals surface area (Å²) >= 11 is 0. The number of aliphatic imine (C=N–C) groups is 4. The van der Waals surface area contributed by atoms with Gasteiger partial charge in [0.1, 0.15) is 0 Å². The summed E-state index contributed by atoms with van der Waals surface area (Å²) in [5.74, 6) is -1.58. The van der Waals surface area contributed by atoms with Gasteiger partial charge in [0.15, 0.2) is 23.3 Å². The van der Waals surface area contributed by atoms with Crippen LogP contribution in [0, 0.1) is 0 Å². The molecule has 0 unspecified atom stereocenters. The summed E-state index contributed by atoms with van der Waals surface area (Å²) < 4.78 is 180. The van der Waals surface area contributed by atoms with Crippen molar-refractivity contribution in [1.82, 2.24) is 0 Å². The highest BCUT2D eigenvalue weighted by Gasteiger charge is 2.51. The third kappa shape index (κ3) is 7.60. The number of hydrogen-bond acceptors (Lipinski definition) is 10. The van der Waals surface area contributed by atoms with Crippen LogP contribution in [0.2, 0.25) is 0 Å². The second-order valence-corrected chi connectivity index (χ2v) is 13.6. The quantitative estimate of drug-likeness (QED) is 0.164. The van der Waals surface area contributed by atoms with Gasteiger partial charge in [-0.1, -0.05) is 24.3 Å². The number of halogens is 12. The predicted molar refractivity (Wildman–Crippen MR) is 203 cm³/mol. The van der Waals surface area contributed by atoms with Crippen molar-refractivity contribution in [3.63, 3.8) is 0 Å². The van der Waals surface area contributed by atoms with E-state index < -0.39 is 59.7 Å². The topological polar surface area (TPSA) is 80.9 Å². The number of alkyl halides is 12. The number of fused-ring (bicyclic) bond motifs is 2. The minimum Gasteiger partial charge on any atom is -0.340 e. The van der Waals surface area contributed by atoms with Crippen molar-refractivity contribution in [2.24, 2.45) is 20.0 Å². The van der Waals surface area contributed by atoms with Gasteiger partial charge >= 0.3 is 24.7 Å². The molecule has 2 fully saturated rings. The van der Waals surface area contributed by atoms with Crippen molar-refractivity contribution in [3.05, 3.63) is 131 Å². The van der Waals surface area contributed by atoms with E-state index in [0.717, 1.165) is 72.8 Å². The Morgan fingerprint density at radius 2 is 0.629 bits per heavy atom. The Labute approximate surface area is 343 Å². The highest BCUT2D eigenvalue weighted by Crippen LogP contribution is 2.43.